The number of rotatable bonds is 8. The lowest BCUT2D eigenvalue weighted by Crippen LogP contribution is -2.11. The van der Waals surface area contributed by atoms with E-state index in [1.54, 1.807) is 23.5 Å². The molecule has 118 valence electrons. The highest BCUT2D eigenvalue weighted by Crippen LogP contribution is 2.42. The zero-order chi connectivity index (χ0) is 15.8. The van der Waals surface area contributed by atoms with E-state index in [0.717, 1.165) is 32.8 Å². The van der Waals surface area contributed by atoms with Crippen LogP contribution in [0.4, 0.5) is 0 Å². The van der Waals surface area contributed by atoms with Gasteiger partial charge in [0.25, 0.3) is 0 Å². The Hall–Kier alpha value is -0.660. The van der Waals surface area contributed by atoms with Crippen molar-refractivity contribution in [3.8, 4) is 0 Å². The van der Waals surface area contributed by atoms with E-state index in [0.29, 0.717) is 11.1 Å². The number of thioether (sulfide) groups is 2. The first kappa shape index (κ1) is 18.4. The Kier molecular flexibility index (Phi) is 8.21. The maximum absolute atomic E-state index is 12.1. The predicted molar refractivity (Wildman–Crippen MR) is 89.0 cm³/mol. The maximum atomic E-state index is 12.1. The predicted octanol–water partition coefficient (Wildman–Crippen LogP) is 4.33. The molecule has 0 amide bonds. The van der Waals surface area contributed by atoms with Crippen molar-refractivity contribution >= 4 is 46.8 Å². The molecule has 0 bridgehead atoms. The summed E-state index contributed by atoms with van der Waals surface area (Å²) in [6, 6.07) is 0. The second-order valence-corrected chi connectivity index (χ2v) is 7.85. The number of esters is 2. The zero-order valence-electron chi connectivity index (χ0n) is 12.7. The third-order valence-corrected chi connectivity index (χ3v) is 6.64. The van der Waals surface area contributed by atoms with Crippen molar-refractivity contribution in [3.63, 3.8) is 0 Å². The van der Waals surface area contributed by atoms with Gasteiger partial charge in [-0.25, -0.2) is 9.59 Å². The number of ether oxygens (including phenoxy) is 2. The number of hydrogen-bond donors (Lipinski definition) is 0. The van der Waals surface area contributed by atoms with Crippen LogP contribution in [0.1, 0.15) is 47.4 Å². The molecule has 1 rings (SSSR count). The third kappa shape index (κ3) is 4.66. The molecule has 0 spiro atoms. The summed E-state index contributed by atoms with van der Waals surface area (Å²) >= 11 is 4.65. The van der Waals surface area contributed by atoms with Gasteiger partial charge in [-0.2, -0.15) is 0 Å². The molecule has 4 nitrogen and oxygen atoms in total. The summed E-state index contributed by atoms with van der Waals surface area (Å²) in [7, 11) is 2.66. The average molecular weight is 349 g/mol. The van der Waals surface area contributed by atoms with Crippen LogP contribution in [-0.4, -0.2) is 37.7 Å². The molecule has 0 aliphatic carbocycles. The molecule has 0 saturated carbocycles. The quantitative estimate of drug-likeness (QED) is 0.515. The topological polar surface area (TPSA) is 52.6 Å². The molecule has 0 unspecified atom stereocenters. The normalized spacial score (nSPS) is 10.5. The Morgan fingerprint density at radius 3 is 1.57 bits per heavy atom. The largest absolute Gasteiger partial charge is 0.465 e. The highest BCUT2D eigenvalue weighted by molar-refractivity contribution is 8.03. The first-order valence-corrected chi connectivity index (χ1v) is 9.48. The molecule has 0 aliphatic heterocycles. The van der Waals surface area contributed by atoms with Crippen LogP contribution in [0, 0.1) is 0 Å². The minimum atomic E-state index is -0.478. The Bertz CT molecular complexity index is 454. The highest BCUT2D eigenvalue weighted by Gasteiger charge is 2.29. The van der Waals surface area contributed by atoms with Gasteiger partial charge >= 0.3 is 11.9 Å². The van der Waals surface area contributed by atoms with Crippen molar-refractivity contribution in [1.82, 2.24) is 0 Å². The van der Waals surface area contributed by atoms with Gasteiger partial charge in [0.15, 0.2) is 0 Å². The third-order valence-electron chi connectivity index (χ3n) is 2.50. The van der Waals surface area contributed by atoms with Gasteiger partial charge in [0.05, 0.1) is 33.8 Å². The van der Waals surface area contributed by atoms with E-state index < -0.39 is 11.9 Å². The summed E-state index contributed by atoms with van der Waals surface area (Å²) in [4.78, 5) is 24.2. The van der Waals surface area contributed by atoms with Gasteiger partial charge in [-0.1, -0.05) is 13.8 Å². The van der Waals surface area contributed by atoms with E-state index in [1.807, 2.05) is 0 Å². The number of carbonyl (C=O) groups excluding carboxylic acids is 2. The molecule has 0 N–H and O–H groups in total. The number of hydrogen-bond acceptors (Lipinski definition) is 7. The molecule has 0 atom stereocenters. The fourth-order valence-electron chi connectivity index (χ4n) is 1.56. The summed E-state index contributed by atoms with van der Waals surface area (Å²) in [6.07, 6.45) is 1.99. The monoisotopic (exact) mass is 348 g/mol. The van der Waals surface area contributed by atoms with Crippen LogP contribution < -0.4 is 0 Å². The molecule has 0 aromatic carbocycles. The molecule has 0 aliphatic rings. The van der Waals surface area contributed by atoms with E-state index in [1.165, 1.54) is 25.6 Å². The zero-order valence-corrected chi connectivity index (χ0v) is 15.1. The minimum absolute atomic E-state index is 0.353. The van der Waals surface area contributed by atoms with Crippen LogP contribution in [-0.2, 0) is 9.47 Å². The van der Waals surface area contributed by atoms with Gasteiger partial charge in [-0.05, 0) is 24.3 Å². The molecule has 0 radical (unpaired) electrons. The lowest BCUT2D eigenvalue weighted by atomic mass is 10.2. The van der Waals surface area contributed by atoms with Crippen LogP contribution in [0.2, 0.25) is 0 Å². The minimum Gasteiger partial charge on any atom is -0.465 e. The molecular weight excluding hydrogens is 328 g/mol. The van der Waals surface area contributed by atoms with E-state index in [4.69, 9.17) is 9.47 Å². The van der Waals surface area contributed by atoms with E-state index in [9.17, 15) is 9.59 Å². The lowest BCUT2D eigenvalue weighted by Gasteiger charge is -2.05. The van der Waals surface area contributed by atoms with Gasteiger partial charge in [0.1, 0.15) is 0 Å². The van der Waals surface area contributed by atoms with Gasteiger partial charge in [0.2, 0.25) is 0 Å². The van der Waals surface area contributed by atoms with Gasteiger partial charge in [0, 0.05) is 0 Å². The van der Waals surface area contributed by atoms with Crippen molar-refractivity contribution in [2.45, 2.75) is 35.1 Å². The van der Waals surface area contributed by atoms with Crippen molar-refractivity contribution in [2.75, 3.05) is 25.7 Å². The number of thiophene rings is 1. The molecule has 1 heterocycles. The van der Waals surface area contributed by atoms with Crippen LogP contribution in [0.5, 0.6) is 0 Å². The highest BCUT2D eigenvalue weighted by atomic mass is 32.2. The van der Waals surface area contributed by atoms with Gasteiger partial charge in [-0.3, -0.25) is 0 Å². The molecule has 1 aromatic heterocycles. The fourth-order valence-corrected chi connectivity index (χ4v) is 5.37. The smallest absolute Gasteiger partial charge is 0.340 e. The molecule has 21 heavy (non-hydrogen) atoms. The standard InChI is InChI=1S/C14H20O4S3/c1-5-7-19-13-9(11(15)17-3)10(12(16)18-4)14(21-13)20-8-6-2/h5-8H2,1-4H3. The summed E-state index contributed by atoms with van der Waals surface area (Å²) < 4.78 is 11.4. The van der Waals surface area contributed by atoms with Crippen molar-refractivity contribution in [1.29, 1.82) is 0 Å². The van der Waals surface area contributed by atoms with E-state index in [-0.39, 0.29) is 0 Å². The van der Waals surface area contributed by atoms with E-state index >= 15 is 0 Å². The molecule has 1 aromatic rings. The van der Waals surface area contributed by atoms with Crippen molar-refractivity contribution in [2.24, 2.45) is 0 Å². The Morgan fingerprint density at radius 1 is 0.905 bits per heavy atom. The van der Waals surface area contributed by atoms with Crippen LogP contribution >= 0.6 is 34.9 Å². The second kappa shape index (κ2) is 9.38. The molecule has 0 saturated heterocycles. The molecular formula is C14H20O4S3. The second-order valence-electron chi connectivity index (χ2n) is 4.11. The first-order chi connectivity index (χ1) is 10.1. The Balaban J connectivity index is 3.32. The average Bonchev–Trinajstić information content (AvgIpc) is 2.87. The van der Waals surface area contributed by atoms with Crippen LogP contribution in [0.3, 0.4) is 0 Å². The summed E-state index contributed by atoms with van der Waals surface area (Å²) in [6.45, 7) is 4.15. The van der Waals surface area contributed by atoms with Crippen molar-refractivity contribution < 1.29 is 19.1 Å². The van der Waals surface area contributed by atoms with Crippen LogP contribution in [0.25, 0.3) is 0 Å². The van der Waals surface area contributed by atoms with Crippen molar-refractivity contribution in [3.05, 3.63) is 11.1 Å². The fraction of sp³-hybridized carbons (Fsp3) is 0.571. The number of methoxy groups -OCH3 is 2. The summed E-state index contributed by atoms with van der Waals surface area (Å²) in [5, 5.41) is 0. The SMILES string of the molecule is CCCSc1sc(SCCC)c(C(=O)OC)c1C(=O)OC. The summed E-state index contributed by atoms with van der Waals surface area (Å²) in [5.41, 5.74) is 0.706. The maximum Gasteiger partial charge on any atom is 0.340 e. The van der Waals surface area contributed by atoms with Gasteiger partial charge in [-0.15, -0.1) is 34.9 Å². The van der Waals surface area contributed by atoms with Crippen LogP contribution in [0.15, 0.2) is 8.42 Å². The Labute approximate surface area is 138 Å². The Morgan fingerprint density at radius 2 is 1.29 bits per heavy atom. The molecule has 0 fully saturated rings. The van der Waals surface area contributed by atoms with Gasteiger partial charge < -0.3 is 9.47 Å². The first-order valence-electron chi connectivity index (χ1n) is 6.69. The summed E-state index contributed by atoms with van der Waals surface area (Å²) in [5.74, 6) is 0.827. The number of carbonyl (C=O) groups is 2. The lowest BCUT2D eigenvalue weighted by molar-refractivity contribution is 0.0551. The molecule has 7 heteroatoms. The van der Waals surface area contributed by atoms with E-state index in [2.05, 4.69) is 13.8 Å².